The minimum absolute atomic E-state index is 0.0202. The fourth-order valence-corrected chi connectivity index (χ4v) is 4.34. The van der Waals surface area contributed by atoms with E-state index in [2.05, 4.69) is 20.9 Å². The van der Waals surface area contributed by atoms with Crippen LogP contribution in [0.2, 0.25) is 0 Å². The molecule has 0 aliphatic carbocycles. The van der Waals surface area contributed by atoms with Crippen LogP contribution in [-0.4, -0.2) is 61.8 Å². The van der Waals surface area contributed by atoms with Crippen molar-refractivity contribution in [2.45, 2.75) is 70.4 Å². The van der Waals surface area contributed by atoms with Crippen LogP contribution in [0.3, 0.4) is 0 Å². The van der Waals surface area contributed by atoms with Crippen LogP contribution in [0.25, 0.3) is 11.1 Å². The van der Waals surface area contributed by atoms with Crippen LogP contribution in [0.5, 0.6) is 0 Å². The molecule has 0 bridgehead atoms. The van der Waals surface area contributed by atoms with Crippen LogP contribution in [0.15, 0.2) is 59.6 Å². The van der Waals surface area contributed by atoms with Crippen molar-refractivity contribution in [1.29, 1.82) is 0 Å². The lowest BCUT2D eigenvalue weighted by Crippen LogP contribution is -2.53. The second kappa shape index (κ2) is 19.3. The Balaban J connectivity index is 1.96. The Morgan fingerprint density at radius 3 is 2.15 bits per heavy atom. The second-order valence-corrected chi connectivity index (χ2v) is 10.1. The van der Waals surface area contributed by atoms with E-state index in [1.807, 2.05) is 61.5 Å². The van der Waals surface area contributed by atoms with Crippen molar-refractivity contribution >= 4 is 23.6 Å². The zero-order chi connectivity index (χ0) is 29.9. The number of nitrogens with one attached hydrogen (secondary N) is 3. The van der Waals surface area contributed by atoms with Gasteiger partial charge >= 0.3 is 0 Å². The Labute approximate surface area is 243 Å². The van der Waals surface area contributed by atoms with Gasteiger partial charge in [0, 0.05) is 18.7 Å². The van der Waals surface area contributed by atoms with Crippen molar-refractivity contribution in [3.05, 3.63) is 60.2 Å². The number of nitrogens with two attached hydrogens (primary N) is 3. The summed E-state index contributed by atoms with van der Waals surface area (Å²) >= 11 is 0. The monoisotopic (exact) mass is 565 g/mol. The summed E-state index contributed by atoms with van der Waals surface area (Å²) in [6.07, 6.45) is 5.67. The molecule has 0 aromatic heterocycles. The third kappa shape index (κ3) is 13.0. The van der Waals surface area contributed by atoms with Gasteiger partial charge in [-0.15, -0.1) is 0 Å². The topological polar surface area (TPSA) is 178 Å². The lowest BCUT2D eigenvalue weighted by atomic mass is 10.0. The van der Waals surface area contributed by atoms with E-state index in [1.54, 1.807) is 0 Å². The first-order valence-corrected chi connectivity index (χ1v) is 14.6. The van der Waals surface area contributed by atoms with Crippen molar-refractivity contribution in [2.24, 2.45) is 22.2 Å². The molecule has 41 heavy (non-hydrogen) atoms. The molecule has 2 rings (SSSR count). The van der Waals surface area contributed by atoms with Gasteiger partial charge in [-0.25, -0.2) is 0 Å². The van der Waals surface area contributed by atoms with E-state index < -0.39 is 12.1 Å². The Hall–Kier alpha value is -3.76. The fourth-order valence-electron chi connectivity index (χ4n) is 4.34. The van der Waals surface area contributed by atoms with Gasteiger partial charge in [0.2, 0.25) is 11.8 Å². The minimum atomic E-state index is -0.682. The number of hydrogen-bond donors (Lipinski definition) is 6. The molecule has 2 amide bonds. The zero-order valence-electron chi connectivity index (χ0n) is 24.2. The molecule has 2 atom stereocenters. The van der Waals surface area contributed by atoms with Crippen molar-refractivity contribution in [3.8, 4) is 11.1 Å². The van der Waals surface area contributed by atoms with Gasteiger partial charge in [-0.3, -0.25) is 24.7 Å². The van der Waals surface area contributed by atoms with E-state index in [0.717, 1.165) is 36.8 Å². The van der Waals surface area contributed by atoms with Gasteiger partial charge in [0.1, 0.15) is 6.04 Å². The number of aliphatic imine (C=N–C) groups is 1. The largest absolute Gasteiger partial charge is 0.370 e. The number of rotatable bonds is 20. The van der Waals surface area contributed by atoms with Crippen molar-refractivity contribution < 1.29 is 14.4 Å². The molecule has 10 nitrogen and oxygen atoms in total. The normalized spacial score (nSPS) is 12.2. The highest BCUT2D eigenvalue weighted by molar-refractivity contribution is 5.98. The van der Waals surface area contributed by atoms with Crippen LogP contribution in [-0.2, 0) is 9.59 Å². The summed E-state index contributed by atoms with van der Waals surface area (Å²) in [5.74, 6) is -0.574. The number of unbranched alkanes of at least 4 members (excludes halogenated alkanes) is 3. The van der Waals surface area contributed by atoms with Crippen molar-refractivity contribution in [1.82, 2.24) is 16.0 Å². The maximum atomic E-state index is 13.3. The first-order valence-electron chi connectivity index (χ1n) is 14.6. The van der Waals surface area contributed by atoms with E-state index in [0.29, 0.717) is 50.9 Å². The summed E-state index contributed by atoms with van der Waals surface area (Å²) < 4.78 is 0. The van der Waals surface area contributed by atoms with Crippen molar-refractivity contribution in [3.63, 3.8) is 0 Å². The summed E-state index contributed by atoms with van der Waals surface area (Å²) in [6, 6.07) is 16.2. The number of Topliss-reactive ketones (excluding diaryl/α,β-unsaturated/α-hetero) is 1. The van der Waals surface area contributed by atoms with Gasteiger partial charge < -0.3 is 27.8 Å². The second-order valence-electron chi connectivity index (χ2n) is 10.1. The number of hydrogen-bond acceptors (Lipinski definition) is 6. The average molecular weight is 566 g/mol. The third-order valence-electron chi connectivity index (χ3n) is 6.74. The Bertz CT molecular complexity index is 1090. The molecular weight excluding hydrogens is 518 g/mol. The molecule has 0 spiro atoms. The number of benzene rings is 2. The Morgan fingerprint density at radius 1 is 0.805 bits per heavy atom. The van der Waals surface area contributed by atoms with Gasteiger partial charge in [-0.1, -0.05) is 74.4 Å². The minimum Gasteiger partial charge on any atom is -0.370 e. The van der Waals surface area contributed by atoms with Crippen LogP contribution in [0, 0.1) is 0 Å². The number of carbonyl (C=O) groups excluding carboxylic acids is 3. The number of amides is 2. The molecule has 2 aromatic carbocycles. The molecule has 0 saturated heterocycles. The Morgan fingerprint density at radius 2 is 1.49 bits per heavy atom. The quantitative estimate of drug-likeness (QED) is 0.0618. The molecule has 0 saturated carbocycles. The van der Waals surface area contributed by atoms with Gasteiger partial charge in [-0.05, 0) is 56.2 Å². The smallest absolute Gasteiger partial charge is 0.242 e. The molecular formula is C31H47N7O3. The van der Waals surface area contributed by atoms with E-state index in [1.165, 1.54) is 0 Å². The van der Waals surface area contributed by atoms with Gasteiger partial charge in [0.15, 0.2) is 11.7 Å². The van der Waals surface area contributed by atoms with Gasteiger partial charge in [0.05, 0.1) is 12.6 Å². The van der Waals surface area contributed by atoms with Gasteiger partial charge in [0.25, 0.3) is 0 Å². The average Bonchev–Trinajstić information content (AvgIpc) is 2.98. The summed E-state index contributed by atoms with van der Waals surface area (Å²) in [5.41, 5.74) is 19.0. The first-order chi connectivity index (χ1) is 19.8. The van der Waals surface area contributed by atoms with E-state index >= 15 is 0 Å². The molecule has 0 fully saturated rings. The highest BCUT2D eigenvalue weighted by atomic mass is 16.2. The van der Waals surface area contributed by atoms with Gasteiger partial charge in [-0.2, -0.15) is 0 Å². The van der Waals surface area contributed by atoms with Crippen LogP contribution in [0.1, 0.15) is 68.6 Å². The summed E-state index contributed by atoms with van der Waals surface area (Å²) in [6.45, 7) is 3.53. The van der Waals surface area contributed by atoms with E-state index in [9.17, 15) is 14.4 Å². The first kappa shape index (κ1) is 33.4. The number of guanidine groups is 1. The predicted molar refractivity (Wildman–Crippen MR) is 165 cm³/mol. The van der Waals surface area contributed by atoms with E-state index in [4.69, 9.17) is 17.2 Å². The van der Waals surface area contributed by atoms with Crippen LogP contribution < -0.4 is 33.2 Å². The summed E-state index contributed by atoms with van der Waals surface area (Å²) in [5, 5.41) is 8.96. The molecule has 10 heteroatoms. The van der Waals surface area contributed by atoms with Crippen molar-refractivity contribution in [2.75, 3.05) is 26.2 Å². The third-order valence-corrected chi connectivity index (χ3v) is 6.74. The number of carbonyl (C=O) groups is 3. The zero-order valence-corrected chi connectivity index (χ0v) is 24.2. The lowest BCUT2D eigenvalue weighted by Gasteiger charge is -2.23. The number of ketones is 1. The SMILES string of the molecule is CCCC[C@H](NCC(=O)c1ccc(-c2ccccc2)cc1)C(=O)N[C@@H](CCCCN)C(=O)NCCCCN=C(N)N. The fraction of sp³-hybridized carbons (Fsp3) is 0.484. The van der Waals surface area contributed by atoms with E-state index in [-0.39, 0.29) is 30.1 Å². The molecule has 9 N–H and O–H groups in total. The molecule has 224 valence electrons. The van der Waals surface area contributed by atoms with Crippen LogP contribution in [0.4, 0.5) is 0 Å². The standard InChI is InChI=1S/C31H47N7O3/c1-2-3-13-26(37-22-28(39)25-17-15-24(16-18-25)23-11-5-4-6-12-23)30(41)38-27(14-7-8-19-32)29(40)35-20-9-10-21-36-31(33)34/h4-6,11-12,15-18,26-27,37H,2-3,7-10,13-14,19-22,32H2,1H3,(H,35,40)(H,38,41)(H4,33,34,36)/t26-,27-/m0/s1. The molecule has 0 aliphatic heterocycles. The summed E-state index contributed by atoms with van der Waals surface area (Å²) in [7, 11) is 0. The van der Waals surface area contributed by atoms with Crippen LogP contribution >= 0.6 is 0 Å². The molecule has 2 aromatic rings. The highest BCUT2D eigenvalue weighted by Crippen LogP contribution is 2.19. The molecule has 0 heterocycles. The number of nitrogens with zero attached hydrogens (tertiary/aromatic N) is 1. The molecule has 0 aliphatic rings. The molecule has 0 unspecified atom stereocenters. The Kier molecular flexibility index (Phi) is 15.8. The predicted octanol–water partition coefficient (Wildman–Crippen LogP) is 2.47. The lowest BCUT2D eigenvalue weighted by molar-refractivity contribution is -0.130. The maximum absolute atomic E-state index is 13.3. The maximum Gasteiger partial charge on any atom is 0.242 e. The highest BCUT2D eigenvalue weighted by Gasteiger charge is 2.25. The molecule has 0 radical (unpaired) electrons. The summed E-state index contributed by atoms with van der Waals surface area (Å²) in [4.78, 5) is 43.1.